The van der Waals surface area contributed by atoms with E-state index in [0.29, 0.717) is 13.2 Å². The van der Waals surface area contributed by atoms with Gasteiger partial charge in [0.2, 0.25) is 0 Å². The van der Waals surface area contributed by atoms with E-state index in [1.54, 1.807) is 4.90 Å². The van der Waals surface area contributed by atoms with Gasteiger partial charge in [0.15, 0.2) is 0 Å². The van der Waals surface area contributed by atoms with Crippen LogP contribution in [-0.4, -0.2) is 30.3 Å². The number of nitrogens with one attached hydrogen (secondary N) is 1. The van der Waals surface area contributed by atoms with Gasteiger partial charge in [0.05, 0.1) is 6.61 Å². The first-order valence-electron chi connectivity index (χ1n) is 7.78. The fraction of sp³-hybridized carbons (Fsp3) is 0.500. The fourth-order valence-corrected chi connectivity index (χ4v) is 2.61. The van der Waals surface area contributed by atoms with Gasteiger partial charge in [0.1, 0.15) is 6.23 Å². The summed E-state index contributed by atoms with van der Waals surface area (Å²) in [6, 6.07) is 9.42. The Kier molecular flexibility index (Phi) is 5.24. The molecule has 1 saturated heterocycles. The number of ether oxygens (including phenoxy) is 1. The van der Waals surface area contributed by atoms with Crippen molar-refractivity contribution in [1.82, 2.24) is 4.90 Å². The van der Waals surface area contributed by atoms with Gasteiger partial charge in [-0.05, 0) is 32.4 Å². The van der Waals surface area contributed by atoms with Crippen molar-refractivity contribution in [3.05, 3.63) is 42.0 Å². The number of rotatable bonds is 4. The van der Waals surface area contributed by atoms with Crippen molar-refractivity contribution in [1.29, 1.82) is 0 Å². The Bertz CT molecular complexity index is 533. The average Bonchev–Trinajstić information content (AvgIpc) is 2.97. The van der Waals surface area contributed by atoms with Crippen LogP contribution < -0.4 is 5.32 Å². The highest BCUT2D eigenvalue weighted by Crippen LogP contribution is 2.34. The van der Waals surface area contributed by atoms with Crippen LogP contribution in [0.3, 0.4) is 0 Å². The topological polar surface area (TPSA) is 41.6 Å². The highest BCUT2D eigenvalue weighted by molar-refractivity contribution is 5.89. The molecule has 2 amide bonds. The van der Waals surface area contributed by atoms with Crippen LogP contribution in [0.2, 0.25) is 0 Å². The van der Waals surface area contributed by atoms with E-state index in [9.17, 15) is 4.79 Å². The molecule has 0 radical (unpaired) electrons. The molecule has 1 N–H and O–H groups in total. The molecule has 0 spiro atoms. The molecule has 1 fully saturated rings. The number of hydrogen-bond acceptors (Lipinski definition) is 2. The average molecular weight is 302 g/mol. The summed E-state index contributed by atoms with van der Waals surface area (Å²) in [5, 5.41) is 2.94. The predicted molar refractivity (Wildman–Crippen MR) is 89.7 cm³/mol. The molecule has 0 aromatic heterocycles. The molecule has 0 unspecified atom stereocenters. The van der Waals surface area contributed by atoms with Crippen molar-refractivity contribution in [3.63, 3.8) is 0 Å². The van der Waals surface area contributed by atoms with Gasteiger partial charge >= 0.3 is 6.03 Å². The first-order valence-corrected chi connectivity index (χ1v) is 7.78. The van der Waals surface area contributed by atoms with Gasteiger partial charge in [0, 0.05) is 17.6 Å². The minimum absolute atomic E-state index is 0.0982. The zero-order chi connectivity index (χ0) is 16.2. The van der Waals surface area contributed by atoms with Crippen LogP contribution in [-0.2, 0) is 4.74 Å². The number of urea groups is 1. The van der Waals surface area contributed by atoms with E-state index < -0.39 is 0 Å². The minimum atomic E-state index is -0.202. The van der Waals surface area contributed by atoms with Crippen molar-refractivity contribution in [3.8, 4) is 0 Å². The molecule has 1 aromatic carbocycles. The smallest absolute Gasteiger partial charge is 0.323 e. The third-order valence-electron chi connectivity index (χ3n) is 3.88. The third-order valence-corrected chi connectivity index (χ3v) is 3.88. The summed E-state index contributed by atoms with van der Waals surface area (Å²) in [4.78, 5) is 14.3. The molecule has 0 aliphatic carbocycles. The Balaban J connectivity index is 2.06. The van der Waals surface area contributed by atoms with Crippen LogP contribution in [0.5, 0.6) is 0 Å². The monoisotopic (exact) mass is 302 g/mol. The fourth-order valence-electron chi connectivity index (χ4n) is 2.61. The summed E-state index contributed by atoms with van der Waals surface area (Å²) in [6.07, 6.45) is 2.89. The second-order valence-corrected chi connectivity index (χ2v) is 6.69. The van der Waals surface area contributed by atoms with E-state index in [4.69, 9.17) is 4.74 Å². The number of benzene rings is 1. The zero-order valence-corrected chi connectivity index (χ0v) is 13.9. The quantitative estimate of drug-likeness (QED) is 0.844. The van der Waals surface area contributed by atoms with Gasteiger partial charge in [-0.2, -0.15) is 0 Å². The second-order valence-electron chi connectivity index (χ2n) is 6.69. The maximum absolute atomic E-state index is 12.5. The Morgan fingerprint density at radius 3 is 2.68 bits per heavy atom. The molecule has 1 heterocycles. The normalized spacial score (nSPS) is 18.2. The number of carbonyl (C=O) groups excluding carboxylic acids is 1. The Labute approximate surface area is 133 Å². The summed E-state index contributed by atoms with van der Waals surface area (Å²) in [5.41, 5.74) is 1.97. The predicted octanol–water partition coefficient (Wildman–Crippen LogP) is 4.26. The summed E-state index contributed by atoms with van der Waals surface area (Å²) in [6.45, 7) is 9.68. The van der Waals surface area contributed by atoms with Crippen molar-refractivity contribution in [2.24, 2.45) is 5.41 Å². The maximum atomic E-state index is 12.5. The van der Waals surface area contributed by atoms with Crippen molar-refractivity contribution in [2.75, 3.05) is 18.5 Å². The molecule has 4 nitrogen and oxygen atoms in total. The van der Waals surface area contributed by atoms with E-state index >= 15 is 0 Å². The van der Waals surface area contributed by atoms with Crippen molar-refractivity contribution < 1.29 is 9.53 Å². The molecule has 0 bridgehead atoms. The Hall–Kier alpha value is -1.81. The lowest BCUT2D eigenvalue weighted by Gasteiger charge is -2.35. The van der Waals surface area contributed by atoms with E-state index in [2.05, 4.69) is 39.1 Å². The van der Waals surface area contributed by atoms with E-state index in [1.807, 2.05) is 30.3 Å². The van der Waals surface area contributed by atoms with E-state index in [1.165, 1.54) is 5.57 Å². The third kappa shape index (κ3) is 4.10. The van der Waals surface area contributed by atoms with Crippen LogP contribution in [0.15, 0.2) is 42.0 Å². The largest absolute Gasteiger partial charge is 0.356 e. The second kappa shape index (κ2) is 6.97. The Morgan fingerprint density at radius 1 is 1.36 bits per heavy atom. The molecule has 0 saturated carbocycles. The van der Waals surface area contributed by atoms with Crippen LogP contribution in [0.1, 0.15) is 34.1 Å². The first-order chi connectivity index (χ1) is 10.4. The minimum Gasteiger partial charge on any atom is -0.356 e. The van der Waals surface area contributed by atoms with Crippen LogP contribution in [0.4, 0.5) is 10.5 Å². The maximum Gasteiger partial charge on any atom is 0.323 e. The van der Waals surface area contributed by atoms with Gasteiger partial charge < -0.3 is 10.1 Å². The van der Waals surface area contributed by atoms with Gasteiger partial charge in [-0.1, -0.05) is 43.7 Å². The van der Waals surface area contributed by atoms with Gasteiger partial charge in [-0.3, -0.25) is 4.90 Å². The van der Waals surface area contributed by atoms with E-state index in [0.717, 1.165) is 12.1 Å². The number of para-hydroxylation sites is 1. The number of carbonyl (C=O) groups is 1. The summed E-state index contributed by atoms with van der Waals surface area (Å²) in [5.74, 6) is 0. The molecule has 2 rings (SSSR count). The summed E-state index contributed by atoms with van der Waals surface area (Å²) < 4.78 is 5.86. The summed E-state index contributed by atoms with van der Waals surface area (Å²) in [7, 11) is 0. The SMILES string of the molecule is CC(C)=CCC(C)(C)[C@@H]1OCCN1C(=O)Nc1ccccc1. The van der Waals surface area contributed by atoms with Crippen LogP contribution >= 0.6 is 0 Å². The standard InChI is InChI=1S/C18H26N2O2/c1-14(2)10-11-18(3,4)16-20(12-13-22-16)17(21)19-15-8-6-5-7-9-15/h5-10,16H,11-13H2,1-4H3,(H,19,21)/t16-/m0/s1. The number of nitrogens with zero attached hydrogens (tertiary/aromatic N) is 1. The summed E-state index contributed by atoms with van der Waals surface area (Å²) >= 11 is 0. The highest BCUT2D eigenvalue weighted by Gasteiger charge is 2.40. The van der Waals surface area contributed by atoms with Gasteiger partial charge in [0.25, 0.3) is 0 Å². The lowest BCUT2D eigenvalue weighted by Crippen LogP contribution is -2.46. The molecule has 1 aromatic rings. The lowest BCUT2D eigenvalue weighted by molar-refractivity contribution is -0.0346. The van der Waals surface area contributed by atoms with Crippen molar-refractivity contribution >= 4 is 11.7 Å². The first kappa shape index (κ1) is 16.6. The number of amides is 2. The molecule has 1 aliphatic heterocycles. The molecule has 22 heavy (non-hydrogen) atoms. The molecule has 120 valence electrons. The molecule has 1 aliphatic rings. The van der Waals surface area contributed by atoms with Gasteiger partial charge in [-0.25, -0.2) is 4.79 Å². The molecule has 4 heteroatoms. The number of anilines is 1. The van der Waals surface area contributed by atoms with Crippen LogP contribution in [0, 0.1) is 5.41 Å². The highest BCUT2D eigenvalue weighted by atomic mass is 16.5. The van der Waals surface area contributed by atoms with Crippen molar-refractivity contribution in [2.45, 2.75) is 40.3 Å². The van der Waals surface area contributed by atoms with Gasteiger partial charge in [-0.15, -0.1) is 0 Å². The Morgan fingerprint density at radius 2 is 2.05 bits per heavy atom. The molecule has 1 atom stereocenters. The molecular formula is C18H26N2O2. The zero-order valence-electron chi connectivity index (χ0n) is 13.9. The van der Waals surface area contributed by atoms with E-state index in [-0.39, 0.29) is 17.7 Å². The molecular weight excluding hydrogens is 276 g/mol. The van der Waals surface area contributed by atoms with Crippen LogP contribution in [0.25, 0.3) is 0 Å². The number of hydrogen-bond donors (Lipinski definition) is 1. The number of allylic oxidation sites excluding steroid dienone is 2. The lowest BCUT2D eigenvalue weighted by atomic mass is 9.86.